The predicted molar refractivity (Wildman–Crippen MR) is 125 cm³/mol. The maximum atomic E-state index is 13.4. The molecule has 1 N–H and O–H groups in total. The molecular weight excluding hydrogens is 457 g/mol. The van der Waals surface area contributed by atoms with Crippen LogP contribution < -0.4 is 5.32 Å². The van der Waals surface area contributed by atoms with Crippen LogP contribution in [0.15, 0.2) is 47.9 Å². The van der Waals surface area contributed by atoms with Crippen LogP contribution in [0.1, 0.15) is 32.9 Å². The van der Waals surface area contributed by atoms with Crippen LogP contribution >= 0.6 is 0 Å². The second-order valence-corrected chi connectivity index (χ2v) is 9.61. The molecule has 35 heavy (non-hydrogen) atoms. The molecule has 0 aliphatic carbocycles. The fourth-order valence-corrected chi connectivity index (χ4v) is 5.22. The Hall–Kier alpha value is -3.53. The van der Waals surface area contributed by atoms with E-state index in [9.17, 15) is 18.0 Å². The van der Waals surface area contributed by atoms with Crippen LogP contribution in [0, 0.1) is 12.3 Å². The smallest absolute Gasteiger partial charge is 0.337 e. The Balaban J connectivity index is 1.24. The zero-order valence-electron chi connectivity index (χ0n) is 19.1. The van der Waals surface area contributed by atoms with Gasteiger partial charge in [0.15, 0.2) is 5.65 Å². The summed E-state index contributed by atoms with van der Waals surface area (Å²) >= 11 is 0. The average molecular weight is 480 g/mol. The normalized spacial score (nSPS) is 18.9. The van der Waals surface area contributed by atoms with Gasteiger partial charge in [-0.2, -0.15) is 13.2 Å². The molecule has 5 heterocycles. The van der Waals surface area contributed by atoms with E-state index in [1.807, 2.05) is 30.0 Å². The first-order valence-electron chi connectivity index (χ1n) is 11.5. The molecule has 3 aliphatic heterocycles. The number of halogens is 3. The van der Waals surface area contributed by atoms with Crippen molar-refractivity contribution in [2.75, 3.05) is 32.7 Å². The van der Waals surface area contributed by atoms with Gasteiger partial charge in [0.05, 0.1) is 24.1 Å². The van der Waals surface area contributed by atoms with Crippen LogP contribution in [0.2, 0.25) is 0 Å². The summed E-state index contributed by atoms with van der Waals surface area (Å²) < 4.78 is 41.8. The van der Waals surface area contributed by atoms with Gasteiger partial charge in [-0.05, 0) is 24.1 Å². The lowest BCUT2D eigenvalue weighted by molar-refractivity contribution is -0.0571. The van der Waals surface area contributed by atoms with Gasteiger partial charge >= 0.3 is 6.18 Å². The van der Waals surface area contributed by atoms with Crippen LogP contribution in [0.5, 0.6) is 0 Å². The summed E-state index contributed by atoms with van der Waals surface area (Å²) in [5, 5.41) is 3.27. The van der Waals surface area contributed by atoms with Crippen LogP contribution in [0.4, 0.5) is 13.2 Å². The highest BCUT2D eigenvalue weighted by Crippen LogP contribution is 2.35. The fourth-order valence-electron chi connectivity index (χ4n) is 5.22. The molecule has 2 aromatic heterocycles. The molecule has 3 aromatic rings. The number of likely N-dealkylation sites (tertiary alicyclic amines) is 1. The number of nitrogens with zero attached hydrogens (tertiary/aromatic N) is 5. The predicted octanol–water partition coefficient (Wildman–Crippen LogP) is 3.07. The largest absolute Gasteiger partial charge is 0.433 e. The monoisotopic (exact) mass is 480 g/mol. The minimum atomic E-state index is -4.52. The Morgan fingerprint density at radius 1 is 1.20 bits per heavy atom. The summed E-state index contributed by atoms with van der Waals surface area (Å²) in [6.45, 7) is 5.46. The molecule has 0 radical (unpaired) electrons. The van der Waals surface area contributed by atoms with Crippen molar-refractivity contribution in [3.8, 4) is 0 Å². The molecule has 0 atom stereocenters. The summed E-state index contributed by atoms with van der Waals surface area (Å²) in [6.07, 6.45) is 1.99. The van der Waals surface area contributed by atoms with Gasteiger partial charge in [-0.1, -0.05) is 18.2 Å². The first-order valence-corrected chi connectivity index (χ1v) is 11.5. The van der Waals surface area contributed by atoms with Crippen molar-refractivity contribution in [1.82, 2.24) is 24.6 Å². The molecule has 10 heteroatoms. The third kappa shape index (κ3) is 3.63. The zero-order valence-corrected chi connectivity index (χ0v) is 19.1. The van der Waals surface area contributed by atoms with Crippen LogP contribution in [0.3, 0.4) is 0 Å². The summed E-state index contributed by atoms with van der Waals surface area (Å²) in [5.74, 6) is 0.0525. The number of carbonyl (C=O) groups excluding carboxylic acids is 1. The molecule has 1 spiro atoms. The molecule has 2 saturated heterocycles. The summed E-state index contributed by atoms with van der Waals surface area (Å²) in [6, 6.07) is 5.73. The molecule has 3 aliphatic rings. The van der Waals surface area contributed by atoms with E-state index in [0.29, 0.717) is 29.0 Å². The Bertz CT molecular complexity index is 1410. The topological polar surface area (TPSA) is 74.9 Å². The number of aryl methyl sites for hydroxylation is 1. The summed E-state index contributed by atoms with van der Waals surface area (Å²) in [5.41, 5.74) is 3.43. The van der Waals surface area contributed by atoms with Crippen molar-refractivity contribution in [2.45, 2.75) is 19.5 Å². The van der Waals surface area contributed by atoms with Crippen molar-refractivity contribution in [3.05, 3.63) is 70.9 Å². The molecule has 0 unspecified atom stereocenters. The second-order valence-electron chi connectivity index (χ2n) is 9.61. The molecule has 1 amide bonds. The highest BCUT2D eigenvalue weighted by molar-refractivity contribution is 6.27. The highest BCUT2D eigenvalue weighted by Gasteiger charge is 2.49. The molecule has 1 aromatic carbocycles. The number of aliphatic imine (C=N–C) groups is 1. The molecule has 2 fully saturated rings. The van der Waals surface area contributed by atoms with Gasteiger partial charge in [-0.15, -0.1) is 0 Å². The van der Waals surface area contributed by atoms with Gasteiger partial charge < -0.3 is 10.2 Å². The van der Waals surface area contributed by atoms with Crippen molar-refractivity contribution in [2.24, 2.45) is 10.4 Å². The third-order valence-corrected chi connectivity index (χ3v) is 7.08. The molecule has 180 valence electrons. The number of hydrogen-bond donors (Lipinski definition) is 1. The number of alkyl halides is 3. The quantitative estimate of drug-likeness (QED) is 0.623. The van der Waals surface area contributed by atoms with E-state index in [4.69, 9.17) is 0 Å². The number of nitrogens with one attached hydrogen (secondary N) is 1. The lowest BCUT2D eigenvalue weighted by Gasteiger charge is -2.56. The minimum absolute atomic E-state index is 0.00496. The lowest BCUT2D eigenvalue weighted by atomic mass is 9.74. The lowest BCUT2D eigenvalue weighted by Crippen LogP contribution is -2.71. The summed E-state index contributed by atoms with van der Waals surface area (Å²) in [4.78, 5) is 27.3. The number of benzene rings is 1. The van der Waals surface area contributed by atoms with Crippen molar-refractivity contribution >= 4 is 22.8 Å². The van der Waals surface area contributed by atoms with Crippen LogP contribution in [-0.2, 0) is 6.42 Å². The minimum Gasteiger partial charge on any atom is -0.337 e. The van der Waals surface area contributed by atoms with E-state index >= 15 is 0 Å². The van der Waals surface area contributed by atoms with Gasteiger partial charge in [0, 0.05) is 61.5 Å². The number of amides is 1. The van der Waals surface area contributed by atoms with Crippen molar-refractivity contribution in [1.29, 1.82) is 0 Å². The average Bonchev–Trinajstić information content (AvgIpc) is 3.39. The second kappa shape index (κ2) is 7.74. The zero-order chi connectivity index (χ0) is 24.4. The Morgan fingerprint density at radius 3 is 2.69 bits per heavy atom. The van der Waals surface area contributed by atoms with E-state index in [1.54, 1.807) is 16.8 Å². The number of carbonyl (C=O) groups is 1. The number of hydrogen-bond acceptors (Lipinski definition) is 5. The SMILES string of the molecule is Cc1cc(Cc2nccn3c(C4=CCN=C4C(F)(F)F)cnc23)ccc1C(=O)N1CC2(CNC2)C1. The molecule has 0 saturated carbocycles. The van der Waals surface area contributed by atoms with Crippen molar-refractivity contribution in [3.63, 3.8) is 0 Å². The number of fused-ring (bicyclic) bond motifs is 1. The standard InChI is InChI=1S/C25H23F3N6O/c1-15-8-16(2-3-17(15)23(35)33-13-24(14-33)11-29-12-24)9-19-22-32-10-20(34(22)7-6-30-19)18-4-5-31-21(18)25(26,27)28/h2-4,6-8,10,29H,5,9,11-14H2,1H3. The molecular formula is C25H23F3N6O. The van der Waals surface area contributed by atoms with E-state index in [1.165, 1.54) is 12.3 Å². The highest BCUT2D eigenvalue weighted by atomic mass is 19.4. The number of imidazole rings is 1. The fraction of sp³-hybridized carbons (Fsp3) is 0.360. The van der Waals surface area contributed by atoms with Gasteiger partial charge in [-0.25, -0.2) is 4.98 Å². The Kier molecular flexibility index (Phi) is 4.86. The first kappa shape index (κ1) is 22.0. The first-order chi connectivity index (χ1) is 16.7. The van der Waals surface area contributed by atoms with E-state index in [-0.39, 0.29) is 23.4 Å². The number of rotatable bonds is 4. The van der Waals surface area contributed by atoms with Crippen LogP contribution in [0.25, 0.3) is 11.2 Å². The third-order valence-electron chi connectivity index (χ3n) is 7.08. The maximum Gasteiger partial charge on any atom is 0.433 e. The molecule has 6 rings (SSSR count). The van der Waals surface area contributed by atoms with Gasteiger partial charge in [-0.3, -0.25) is 19.2 Å². The van der Waals surface area contributed by atoms with Gasteiger partial charge in [0.2, 0.25) is 0 Å². The van der Waals surface area contributed by atoms with Crippen LogP contribution in [-0.4, -0.2) is 69.8 Å². The number of allylic oxidation sites excluding steroid dienone is 1. The summed E-state index contributed by atoms with van der Waals surface area (Å²) in [7, 11) is 0. The van der Waals surface area contributed by atoms with Gasteiger partial charge in [0.25, 0.3) is 5.91 Å². The number of aromatic nitrogens is 3. The molecule has 7 nitrogen and oxygen atoms in total. The Labute approximate surface area is 199 Å². The van der Waals surface area contributed by atoms with Gasteiger partial charge in [0.1, 0.15) is 5.71 Å². The molecule has 0 bridgehead atoms. The van der Waals surface area contributed by atoms with E-state index in [0.717, 1.165) is 37.3 Å². The van der Waals surface area contributed by atoms with E-state index in [2.05, 4.69) is 20.3 Å². The maximum absolute atomic E-state index is 13.4. The Morgan fingerprint density at radius 2 is 2.00 bits per heavy atom. The van der Waals surface area contributed by atoms with Crippen molar-refractivity contribution < 1.29 is 18.0 Å². The van der Waals surface area contributed by atoms with E-state index < -0.39 is 11.9 Å².